The fourth-order valence-electron chi connectivity index (χ4n) is 3.55. The van der Waals surface area contributed by atoms with Gasteiger partial charge in [-0.1, -0.05) is 11.8 Å². The van der Waals surface area contributed by atoms with E-state index in [0.717, 1.165) is 11.0 Å². The van der Waals surface area contributed by atoms with E-state index in [1.54, 1.807) is 11.8 Å². The maximum atomic E-state index is 4.64. The van der Waals surface area contributed by atoms with Gasteiger partial charge in [0.1, 0.15) is 0 Å². The molecule has 4 nitrogen and oxygen atoms in total. The number of fused-ring (bicyclic) bond motifs is 2. The Hall–Kier alpha value is -2.79. The quantitative estimate of drug-likeness (QED) is 0.343. The number of benzene rings is 2. The highest BCUT2D eigenvalue weighted by molar-refractivity contribution is 7.99. The first kappa shape index (κ1) is 21.4. The van der Waals surface area contributed by atoms with Crippen molar-refractivity contribution in [3.05, 3.63) is 60.9 Å². The SMILES string of the molecule is CC(C)N(C)c1ccc2c(Sc3ccnc4cc(N(C)C(C)C)ccc34)ccnc2c1. The predicted molar refractivity (Wildman–Crippen MR) is 135 cm³/mol. The van der Waals surface area contributed by atoms with Crippen LogP contribution in [-0.4, -0.2) is 36.1 Å². The molecule has 4 rings (SSSR count). The molecule has 0 spiro atoms. The van der Waals surface area contributed by atoms with Gasteiger partial charge in [0, 0.05) is 70.5 Å². The van der Waals surface area contributed by atoms with E-state index in [-0.39, 0.29) is 0 Å². The van der Waals surface area contributed by atoms with E-state index in [0.29, 0.717) is 12.1 Å². The van der Waals surface area contributed by atoms with Gasteiger partial charge in [-0.2, -0.15) is 0 Å². The fraction of sp³-hybridized carbons (Fsp3) is 0.308. The summed E-state index contributed by atoms with van der Waals surface area (Å²) in [5, 5.41) is 2.35. The molecule has 0 aliphatic heterocycles. The van der Waals surface area contributed by atoms with Crippen molar-refractivity contribution in [2.45, 2.75) is 49.6 Å². The molecule has 31 heavy (non-hydrogen) atoms. The van der Waals surface area contributed by atoms with Gasteiger partial charge < -0.3 is 9.80 Å². The number of aromatic nitrogens is 2. The van der Waals surface area contributed by atoms with Gasteiger partial charge in [0.25, 0.3) is 0 Å². The van der Waals surface area contributed by atoms with Crippen LogP contribution >= 0.6 is 11.8 Å². The Morgan fingerprint density at radius 2 is 1.06 bits per heavy atom. The van der Waals surface area contributed by atoms with E-state index in [2.05, 4.69) is 110 Å². The highest BCUT2D eigenvalue weighted by Gasteiger charge is 2.12. The maximum Gasteiger partial charge on any atom is 0.0733 e. The molecule has 4 aromatic rings. The molecule has 0 unspecified atom stereocenters. The summed E-state index contributed by atoms with van der Waals surface area (Å²) in [7, 11) is 4.25. The molecule has 0 saturated carbocycles. The number of pyridine rings is 2. The molecule has 0 amide bonds. The fourth-order valence-corrected chi connectivity index (χ4v) is 4.61. The van der Waals surface area contributed by atoms with Crippen LogP contribution in [0.25, 0.3) is 21.8 Å². The van der Waals surface area contributed by atoms with E-state index in [1.165, 1.54) is 31.9 Å². The van der Waals surface area contributed by atoms with Crippen LogP contribution in [0.3, 0.4) is 0 Å². The van der Waals surface area contributed by atoms with Crippen molar-refractivity contribution in [3.8, 4) is 0 Å². The van der Waals surface area contributed by atoms with Crippen molar-refractivity contribution in [2.75, 3.05) is 23.9 Å². The number of nitrogens with zero attached hydrogens (tertiary/aromatic N) is 4. The lowest BCUT2D eigenvalue weighted by atomic mass is 10.1. The van der Waals surface area contributed by atoms with Crippen molar-refractivity contribution < 1.29 is 0 Å². The Labute approximate surface area is 189 Å². The van der Waals surface area contributed by atoms with Crippen molar-refractivity contribution >= 4 is 44.9 Å². The Morgan fingerprint density at radius 1 is 0.645 bits per heavy atom. The van der Waals surface area contributed by atoms with Gasteiger partial charge >= 0.3 is 0 Å². The highest BCUT2D eigenvalue weighted by atomic mass is 32.2. The molecule has 2 aromatic carbocycles. The zero-order chi connectivity index (χ0) is 22.1. The maximum absolute atomic E-state index is 4.64. The number of hydrogen-bond donors (Lipinski definition) is 0. The van der Waals surface area contributed by atoms with E-state index in [9.17, 15) is 0 Å². The lowest BCUT2D eigenvalue weighted by Gasteiger charge is -2.24. The van der Waals surface area contributed by atoms with Crippen LogP contribution in [0.1, 0.15) is 27.7 Å². The second kappa shape index (κ2) is 8.75. The first-order valence-electron chi connectivity index (χ1n) is 10.8. The summed E-state index contributed by atoms with van der Waals surface area (Å²) in [5.41, 5.74) is 4.42. The normalized spacial score (nSPS) is 11.6. The lowest BCUT2D eigenvalue weighted by Crippen LogP contribution is -2.25. The standard InChI is InChI=1S/C26H30N4S/c1-17(2)29(5)19-7-9-21-23(15-19)27-13-11-25(21)31-26-12-14-28-24-16-20(8-10-22(24)26)30(6)18(3)4/h7-18H,1-6H3. The zero-order valence-electron chi connectivity index (χ0n) is 19.1. The molecule has 0 bridgehead atoms. The predicted octanol–water partition coefficient (Wildman–Crippen LogP) is 6.62. The molecule has 0 N–H and O–H groups in total. The monoisotopic (exact) mass is 430 g/mol. The van der Waals surface area contributed by atoms with Crippen LogP contribution < -0.4 is 9.80 Å². The molecule has 2 aromatic heterocycles. The molecule has 160 valence electrons. The van der Waals surface area contributed by atoms with Gasteiger partial charge in [-0.15, -0.1) is 0 Å². The van der Waals surface area contributed by atoms with Crippen molar-refractivity contribution in [2.24, 2.45) is 0 Å². The minimum Gasteiger partial charge on any atom is -0.372 e. The van der Waals surface area contributed by atoms with Crippen molar-refractivity contribution in [3.63, 3.8) is 0 Å². The molecular weight excluding hydrogens is 400 g/mol. The average molecular weight is 431 g/mol. The van der Waals surface area contributed by atoms with E-state index in [4.69, 9.17) is 0 Å². The average Bonchev–Trinajstić information content (AvgIpc) is 2.77. The van der Waals surface area contributed by atoms with Crippen LogP contribution in [0.15, 0.2) is 70.7 Å². The van der Waals surface area contributed by atoms with Crippen LogP contribution in [0, 0.1) is 0 Å². The van der Waals surface area contributed by atoms with Crippen LogP contribution in [0.5, 0.6) is 0 Å². The largest absolute Gasteiger partial charge is 0.372 e. The molecule has 5 heteroatoms. The minimum atomic E-state index is 0.442. The smallest absolute Gasteiger partial charge is 0.0733 e. The van der Waals surface area contributed by atoms with Gasteiger partial charge in [0.05, 0.1) is 11.0 Å². The van der Waals surface area contributed by atoms with E-state index < -0.39 is 0 Å². The van der Waals surface area contributed by atoms with Crippen LogP contribution in [0.4, 0.5) is 11.4 Å². The Morgan fingerprint density at radius 3 is 1.45 bits per heavy atom. The highest BCUT2D eigenvalue weighted by Crippen LogP contribution is 2.38. The third-order valence-electron chi connectivity index (χ3n) is 5.96. The number of anilines is 2. The van der Waals surface area contributed by atoms with Gasteiger partial charge in [-0.3, -0.25) is 9.97 Å². The first-order chi connectivity index (χ1) is 14.8. The summed E-state index contributed by atoms with van der Waals surface area (Å²) in [6.07, 6.45) is 3.81. The molecular formula is C26H30N4S. The van der Waals surface area contributed by atoms with E-state index in [1.807, 2.05) is 12.4 Å². The van der Waals surface area contributed by atoms with Gasteiger partial charge in [-0.05, 0) is 76.2 Å². The van der Waals surface area contributed by atoms with Gasteiger partial charge in [0.2, 0.25) is 0 Å². The molecule has 0 saturated heterocycles. The second-order valence-electron chi connectivity index (χ2n) is 8.53. The Kier molecular flexibility index (Phi) is 6.05. The van der Waals surface area contributed by atoms with E-state index >= 15 is 0 Å². The summed E-state index contributed by atoms with van der Waals surface area (Å²) >= 11 is 1.78. The summed E-state index contributed by atoms with van der Waals surface area (Å²) in [6.45, 7) is 8.79. The summed E-state index contributed by atoms with van der Waals surface area (Å²) in [6, 6.07) is 18.2. The number of rotatable bonds is 6. The summed E-state index contributed by atoms with van der Waals surface area (Å²) < 4.78 is 0. The van der Waals surface area contributed by atoms with Crippen LogP contribution in [0.2, 0.25) is 0 Å². The second-order valence-corrected chi connectivity index (χ2v) is 9.62. The molecule has 0 aliphatic carbocycles. The lowest BCUT2D eigenvalue weighted by molar-refractivity contribution is 0.755. The third-order valence-corrected chi connectivity index (χ3v) is 7.11. The van der Waals surface area contributed by atoms with Crippen LogP contribution in [-0.2, 0) is 0 Å². The summed E-state index contributed by atoms with van der Waals surface area (Å²) in [4.78, 5) is 16.2. The molecule has 0 atom stereocenters. The zero-order valence-corrected chi connectivity index (χ0v) is 19.9. The minimum absolute atomic E-state index is 0.442. The number of hydrogen-bond acceptors (Lipinski definition) is 5. The van der Waals surface area contributed by atoms with Gasteiger partial charge in [-0.25, -0.2) is 0 Å². The molecule has 2 heterocycles. The molecule has 0 aliphatic rings. The topological polar surface area (TPSA) is 32.3 Å². The summed E-state index contributed by atoms with van der Waals surface area (Å²) in [5.74, 6) is 0. The first-order valence-corrected chi connectivity index (χ1v) is 11.6. The molecule has 0 fully saturated rings. The molecule has 0 radical (unpaired) electrons. The van der Waals surface area contributed by atoms with Crippen molar-refractivity contribution in [1.29, 1.82) is 0 Å². The Bertz CT molecular complexity index is 1120. The Balaban J connectivity index is 1.72. The third kappa shape index (κ3) is 4.33. The van der Waals surface area contributed by atoms with Gasteiger partial charge in [0.15, 0.2) is 0 Å². The van der Waals surface area contributed by atoms with Crippen molar-refractivity contribution in [1.82, 2.24) is 9.97 Å².